The monoisotopic (exact) mass is 363 g/mol. The molecule has 0 spiro atoms. The van der Waals surface area contributed by atoms with Crippen molar-refractivity contribution >= 4 is 39.3 Å². The Labute approximate surface area is 134 Å². The molecule has 20 heavy (non-hydrogen) atoms. The first-order valence-electron chi connectivity index (χ1n) is 5.45. The van der Waals surface area contributed by atoms with E-state index in [1.807, 2.05) is 30.3 Å². The predicted octanol–water partition coefficient (Wildman–Crippen LogP) is 4.16. The summed E-state index contributed by atoms with van der Waals surface area (Å²) in [6.07, 6.45) is 5.22. The average molecular weight is 365 g/mol. The third kappa shape index (κ3) is 3.32. The first kappa shape index (κ1) is 14.9. The van der Waals surface area contributed by atoms with Crippen molar-refractivity contribution in [3.8, 4) is 29.7 Å². The fourth-order valence-electron chi connectivity index (χ4n) is 1.50. The number of hydrogen-bond donors (Lipinski definition) is 0. The molecule has 6 heteroatoms. The summed E-state index contributed by atoms with van der Waals surface area (Å²) in [6, 6.07) is 9.51. The molecule has 2 rings (SSSR count). The summed E-state index contributed by atoms with van der Waals surface area (Å²) >= 11 is 10.7. The van der Waals surface area contributed by atoms with Crippen molar-refractivity contribution in [2.75, 3.05) is 5.75 Å². The van der Waals surface area contributed by atoms with Gasteiger partial charge in [0.2, 0.25) is 0 Å². The van der Waals surface area contributed by atoms with E-state index in [9.17, 15) is 5.26 Å². The van der Waals surface area contributed by atoms with E-state index in [-0.39, 0.29) is 10.7 Å². The molecule has 98 valence electrons. The highest BCUT2D eigenvalue weighted by Crippen LogP contribution is 2.29. The third-order valence-electron chi connectivity index (χ3n) is 2.36. The molecule has 1 aromatic heterocycles. The number of halogens is 2. The van der Waals surface area contributed by atoms with Gasteiger partial charge in [0.15, 0.2) is 10.3 Å². The standard InChI is InChI=1S/C14H7BrClN3S/c1-2-7-20-14-18-12(11(8-17)13(16)19-14)9-3-5-10(15)6-4-9/h1,3-6H,7H2. The van der Waals surface area contributed by atoms with Crippen molar-refractivity contribution in [3.63, 3.8) is 0 Å². The van der Waals surface area contributed by atoms with Crippen LogP contribution in [-0.2, 0) is 0 Å². The number of rotatable bonds is 3. The van der Waals surface area contributed by atoms with E-state index in [1.165, 1.54) is 11.8 Å². The van der Waals surface area contributed by atoms with Gasteiger partial charge in [-0.2, -0.15) is 5.26 Å². The summed E-state index contributed by atoms with van der Waals surface area (Å²) < 4.78 is 0.946. The fraction of sp³-hybridized carbons (Fsp3) is 0.0714. The molecule has 2 aromatic rings. The average Bonchev–Trinajstić information content (AvgIpc) is 2.45. The molecule has 0 N–H and O–H groups in total. The Hall–Kier alpha value is -1.53. The van der Waals surface area contributed by atoms with E-state index in [0.29, 0.717) is 16.6 Å². The van der Waals surface area contributed by atoms with Crippen molar-refractivity contribution < 1.29 is 0 Å². The summed E-state index contributed by atoms with van der Waals surface area (Å²) in [5.41, 5.74) is 1.58. The zero-order chi connectivity index (χ0) is 14.5. The molecule has 0 saturated carbocycles. The molecule has 0 atom stereocenters. The van der Waals surface area contributed by atoms with Crippen LogP contribution in [0.4, 0.5) is 0 Å². The molecule has 0 radical (unpaired) electrons. The van der Waals surface area contributed by atoms with Gasteiger partial charge in [-0.3, -0.25) is 0 Å². The van der Waals surface area contributed by atoms with Gasteiger partial charge in [0.25, 0.3) is 0 Å². The van der Waals surface area contributed by atoms with Gasteiger partial charge in [0, 0.05) is 10.0 Å². The lowest BCUT2D eigenvalue weighted by atomic mass is 10.1. The largest absolute Gasteiger partial charge is 0.221 e. The zero-order valence-corrected chi connectivity index (χ0v) is 13.3. The molecule has 0 fully saturated rings. The van der Waals surface area contributed by atoms with Crippen LogP contribution in [0.2, 0.25) is 5.15 Å². The van der Waals surface area contributed by atoms with E-state index in [1.54, 1.807) is 0 Å². The molecule has 0 unspecified atom stereocenters. The summed E-state index contributed by atoms with van der Waals surface area (Å²) in [5, 5.41) is 9.82. The van der Waals surface area contributed by atoms with E-state index < -0.39 is 0 Å². The van der Waals surface area contributed by atoms with Crippen molar-refractivity contribution in [1.82, 2.24) is 9.97 Å². The van der Waals surface area contributed by atoms with Crippen LogP contribution in [0, 0.1) is 23.7 Å². The third-order valence-corrected chi connectivity index (χ3v) is 3.91. The van der Waals surface area contributed by atoms with E-state index in [2.05, 4.69) is 31.8 Å². The van der Waals surface area contributed by atoms with Gasteiger partial charge in [-0.25, -0.2) is 9.97 Å². The number of nitriles is 1. The van der Waals surface area contributed by atoms with Crippen LogP contribution in [0.1, 0.15) is 5.56 Å². The lowest BCUT2D eigenvalue weighted by Gasteiger charge is -2.07. The van der Waals surface area contributed by atoms with Crippen LogP contribution in [0.15, 0.2) is 33.9 Å². The molecule has 0 aliphatic heterocycles. The normalized spacial score (nSPS) is 9.80. The summed E-state index contributed by atoms with van der Waals surface area (Å²) in [4.78, 5) is 8.45. The number of terminal acetylenes is 1. The van der Waals surface area contributed by atoms with Crippen LogP contribution in [-0.4, -0.2) is 15.7 Å². The van der Waals surface area contributed by atoms with Gasteiger partial charge in [-0.05, 0) is 12.1 Å². The first-order valence-corrected chi connectivity index (χ1v) is 7.61. The van der Waals surface area contributed by atoms with Crippen LogP contribution < -0.4 is 0 Å². The Morgan fingerprint density at radius 1 is 1.30 bits per heavy atom. The van der Waals surface area contributed by atoms with Crippen LogP contribution in [0.5, 0.6) is 0 Å². The number of nitrogens with zero attached hydrogens (tertiary/aromatic N) is 3. The van der Waals surface area contributed by atoms with Gasteiger partial charge in [-0.15, -0.1) is 6.42 Å². The van der Waals surface area contributed by atoms with Crippen molar-refractivity contribution in [2.24, 2.45) is 0 Å². The highest BCUT2D eigenvalue weighted by molar-refractivity contribution is 9.10. The lowest BCUT2D eigenvalue weighted by molar-refractivity contribution is 0.969. The smallest absolute Gasteiger partial charge is 0.190 e. The number of thioether (sulfide) groups is 1. The van der Waals surface area contributed by atoms with E-state index >= 15 is 0 Å². The molecule has 0 saturated heterocycles. The molecule has 0 aliphatic rings. The zero-order valence-electron chi connectivity index (χ0n) is 10.1. The predicted molar refractivity (Wildman–Crippen MR) is 84.5 cm³/mol. The minimum Gasteiger partial charge on any atom is -0.221 e. The molecular weight excluding hydrogens is 358 g/mol. The minimum absolute atomic E-state index is 0.139. The quantitative estimate of drug-likeness (QED) is 0.355. The van der Waals surface area contributed by atoms with Gasteiger partial charge in [-0.1, -0.05) is 57.3 Å². The molecular formula is C14H7BrClN3S. The molecule has 1 aromatic carbocycles. The van der Waals surface area contributed by atoms with Gasteiger partial charge < -0.3 is 0 Å². The number of benzene rings is 1. The van der Waals surface area contributed by atoms with Crippen molar-refractivity contribution in [3.05, 3.63) is 39.5 Å². The summed E-state index contributed by atoms with van der Waals surface area (Å²) in [7, 11) is 0. The van der Waals surface area contributed by atoms with Crippen molar-refractivity contribution in [1.29, 1.82) is 5.26 Å². The molecule has 3 nitrogen and oxygen atoms in total. The Morgan fingerprint density at radius 2 is 2.00 bits per heavy atom. The highest BCUT2D eigenvalue weighted by Gasteiger charge is 2.14. The maximum atomic E-state index is 9.22. The summed E-state index contributed by atoms with van der Waals surface area (Å²) in [6.45, 7) is 0. The van der Waals surface area contributed by atoms with Gasteiger partial charge >= 0.3 is 0 Å². The van der Waals surface area contributed by atoms with Crippen LogP contribution >= 0.6 is 39.3 Å². The number of hydrogen-bond acceptors (Lipinski definition) is 4. The maximum Gasteiger partial charge on any atom is 0.190 e. The Balaban J connectivity index is 2.55. The molecule has 0 amide bonds. The second-order valence-electron chi connectivity index (χ2n) is 3.63. The lowest BCUT2D eigenvalue weighted by Crippen LogP contribution is -1.97. The fourth-order valence-corrected chi connectivity index (χ4v) is 2.55. The topological polar surface area (TPSA) is 49.6 Å². The number of aromatic nitrogens is 2. The molecule has 0 bridgehead atoms. The molecule has 1 heterocycles. The van der Waals surface area contributed by atoms with Crippen LogP contribution in [0.25, 0.3) is 11.3 Å². The van der Waals surface area contributed by atoms with Crippen LogP contribution in [0.3, 0.4) is 0 Å². The van der Waals surface area contributed by atoms with E-state index in [0.717, 1.165) is 10.0 Å². The SMILES string of the molecule is C#CCSc1nc(Cl)c(C#N)c(-c2ccc(Br)cc2)n1. The first-order chi connectivity index (χ1) is 9.65. The second kappa shape index (κ2) is 6.76. The second-order valence-corrected chi connectivity index (χ2v) is 5.85. The minimum atomic E-state index is 0.139. The Kier molecular flexibility index (Phi) is 5.03. The Morgan fingerprint density at radius 3 is 2.60 bits per heavy atom. The Bertz CT molecular complexity index is 717. The highest BCUT2D eigenvalue weighted by atomic mass is 79.9. The maximum absolute atomic E-state index is 9.22. The van der Waals surface area contributed by atoms with Crippen molar-refractivity contribution in [2.45, 2.75) is 5.16 Å². The molecule has 0 aliphatic carbocycles. The summed E-state index contributed by atoms with van der Waals surface area (Å²) in [5.74, 6) is 2.95. The van der Waals surface area contributed by atoms with Gasteiger partial charge in [0.1, 0.15) is 11.6 Å². The van der Waals surface area contributed by atoms with E-state index in [4.69, 9.17) is 18.0 Å². The van der Waals surface area contributed by atoms with Gasteiger partial charge in [0.05, 0.1) is 11.4 Å².